The number of pyridine rings is 1. The fraction of sp³-hybridized carbons (Fsp3) is 0.357. The lowest BCUT2D eigenvalue weighted by Crippen LogP contribution is -2.40. The van der Waals surface area contributed by atoms with Crippen LogP contribution in [0.1, 0.15) is 38.8 Å². The van der Waals surface area contributed by atoms with E-state index in [1.54, 1.807) is 6.07 Å². The topological polar surface area (TPSA) is 66.5 Å². The number of carbonyl (C=O) groups is 1. The minimum absolute atomic E-state index is 0.319. The number of benzene rings is 2. The van der Waals surface area contributed by atoms with Gasteiger partial charge in [0.2, 0.25) is 5.91 Å². The second-order valence-corrected chi connectivity index (χ2v) is 9.35. The Morgan fingerprint density at radius 1 is 1.05 bits per heavy atom. The predicted octanol–water partition coefficient (Wildman–Crippen LogP) is 6.62. The lowest BCUT2D eigenvalue weighted by Gasteiger charge is -2.30. The Balaban J connectivity index is 1.61. The highest BCUT2D eigenvalue weighted by atomic mass is 19.4. The quantitative estimate of drug-likeness (QED) is 0.298. The lowest BCUT2D eigenvalue weighted by molar-refractivity contribution is -0.274. The molecule has 1 aromatic heterocycles. The van der Waals surface area contributed by atoms with E-state index in [2.05, 4.69) is 48.0 Å². The molecule has 0 saturated carbocycles. The summed E-state index contributed by atoms with van der Waals surface area (Å²) in [6, 6.07) is 13.7. The zero-order valence-electron chi connectivity index (χ0n) is 21.7. The van der Waals surface area contributed by atoms with Crippen molar-refractivity contribution in [3.8, 4) is 5.75 Å². The number of hydrogen-bond acceptors (Lipinski definition) is 5. The average molecular weight is 515 g/mol. The number of carbonyl (C=O) groups excluding carboxylic acids is 1. The normalized spacial score (nSPS) is 12.2. The van der Waals surface area contributed by atoms with Gasteiger partial charge in [-0.25, -0.2) is 4.98 Å². The molecule has 3 rings (SSSR count). The fourth-order valence-electron chi connectivity index (χ4n) is 4.12. The molecular formula is C28H33F3N4O2. The fourth-order valence-corrected chi connectivity index (χ4v) is 4.12. The first-order valence-corrected chi connectivity index (χ1v) is 12.2. The van der Waals surface area contributed by atoms with Crippen LogP contribution in [0.25, 0.3) is 17.0 Å². The molecule has 0 bridgehead atoms. The van der Waals surface area contributed by atoms with Crippen LogP contribution in [0.15, 0.2) is 54.6 Å². The summed E-state index contributed by atoms with van der Waals surface area (Å²) in [7, 11) is 0. The van der Waals surface area contributed by atoms with E-state index in [1.165, 1.54) is 36.4 Å². The first-order chi connectivity index (χ1) is 17.4. The highest BCUT2D eigenvalue weighted by Gasteiger charge is 2.30. The monoisotopic (exact) mass is 514 g/mol. The van der Waals surface area contributed by atoms with Crippen molar-refractivity contribution in [2.75, 3.05) is 23.7 Å². The third kappa shape index (κ3) is 8.49. The van der Waals surface area contributed by atoms with E-state index in [1.807, 2.05) is 25.1 Å². The summed E-state index contributed by atoms with van der Waals surface area (Å²) in [6.07, 6.45) is -1.91. The molecule has 9 heteroatoms. The molecule has 0 aliphatic rings. The summed E-state index contributed by atoms with van der Waals surface area (Å²) in [5.74, 6) is 0.128. The van der Waals surface area contributed by atoms with Gasteiger partial charge in [0.25, 0.3) is 0 Å². The molecule has 2 N–H and O–H groups in total. The predicted molar refractivity (Wildman–Crippen MR) is 143 cm³/mol. The Hall–Kier alpha value is -3.59. The van der Waals surface area contributed by atoms with Crippen molar-refractivity contribution in [1.29, 1.82) is 0 Å². The molecule has 1 amide bonds. The van der Waals surface area contributed by atoms with Gasteiger partial charge in [-0.2, -0.15) is 0 Å². The van der Waals surface area contributed by atoms with Gasteiger partial charge in [0.1, 0.15) is 11.6 Å². The van der Waals surface area contributed by atoms with Gasteiger partial charge in [-0.15, -0.1) is 13.2 Å². The number of aryl methyl sites for hydroxylation is 1. The zero-order valence-corrected chi connectivity index (χ0v) is 21.7. The van der Waals surface area contributed by atoms with Crippen molar-refractivity contribution >= 4 is 34.4 Å². The summed E-state index contributed by atoms with van der Waals surface area (Å²) in [5, 5.41) is 7.15. The van der Waals surface area contributed by atoms with E-state index in [9.17, 15) is 18.0 Å². The minimum Gasteiger partial charge on any atom is -0.406 e. The largest absolute Gasteiger partial charge is 0.573 e. The number of alkyl halides is 3. The molecule has 2 aromatic carbocycles. The molecule has 0 unspecified atom stereocenters. The molecule has 3 aromatic rings. The van der Waals surface area contributed by atoms with E-state index in [0.29, 0.717) is 23.3 Å². The lowest BCUT2D eigenvalue weighted by atomic mass is 10.1. The van der Waals surface area contributed by atoms with E-state index in [0.717, 1.165) is 35.4 Å². The number of nitrogens with zero attached hydrogens (tertiary/aromatic N) is 2. The van der Waals surface area contributed by atoms with Crippen molar-refractivity contribution in [1.82, 2.24) is 9.88 Å². The molecule has 0 aliphatic carbocycles. The van der Waals surface area contributed by atoms with Crippen molar-refractivity contribution in [3.05, 3.63) is 65.7 Å². The van der Waals surface area contributed by atoms with Crippen LogP contribution in [-0.2, 0) is 4.79 Å². The molecule has 0 atom stereocenters. The van der Waals surface area contributed by atoms with Gasteiger partial charge >= 0.3 is 6.36 Å². The number of amides is 1. The summed E-state index contributed by atoms with van der Waals surface area (Å²) in [5.41, 5.74) is 3.03. The van der Waals surface area contributed by atoms with Crippen molar-refractivity contribution in [2.45, 2.75) is 53.1 Å². The van der Waals surface area contributed by atoms with Gasteiger partial charge in [0, 0.05) is 42.3 Å². The van der Waals surface area contributed by atoms with Gasteiger partial charge in [-0.05, 0) is 88.2 Å². The summed E-state index contributed by atoms with van der Waals surface area (Å²) in [6.45, 7) is 12.5. The number of fused-ring (bicyclic) bond motifs is 1. The molecule has 6 nitrogen and oxygen atoms in total. The third-order valence-corrected chi connectivity index (χ3v) is 5.83. The van der Waals surface area contributed by atoms with Gasteiger partial charge < -0.3 is 15.4 Å². The standard InChI is InChI=1S/C28H33F3N4O2/c1-18(2)35(19(3)4)15-14-32-26-16-20(5)24-17-22(9-12-25(24)34-26)33-27(36)13-8-21-6-10-23(11-7-21)37-28(29,30)31/h6-13,16-19H,14-15H2,1-5H3,(H,32,34)(H,33,36)/b13-8+. The van der Waals surface area contributed by atoms with E-state index in [4.69, 9.17) is 4.98 Å². The highest BCUT2D eigenvalue weighted by molar-refractivity contribution is 6.03. The number of halogens is 3. The minimum atomic E-state index is -4.74. The zero-order chi connectivity index (χ0) is 27.2. The van der Waals surface area contributed by atoms with Gasteiger partial charge in [0.05, 0.1) is 5.52 Å². The smallest absolute Gasteiger partial charge is 0.406 e. The number of ether oxygens (including phenoxy) is 1. The molecule has 0 saturated heterocycles. The molecule has 0 spiro atoms. The molecule has 0 fully saturated rings. The Bertz CT molecular complexity index is 1230. The maximum Gasteiger partial charge on any atom is 0.573 e. The van der Waals surface area contributed by atoms with E-state index >= 15 is 0 Å². The van der Waals surface area contributed by atoms with Crippen molar-refractivity contribution in [3.63, 3.8) is 0 Å². The number of rotatable bonds is 10. The van der Waals surface area contributed by atoms with E-state index < -0.39 is 6.36 Å². The molecule has 37 heavy (non-hydrogen) atoms. The molecule has 0 radical (unpaired) electrons. The first-order valence-electron chi connectivity index (χ1n) is 12.2. The van der Waals surface area contributed by atoms with Gasteiger partial charge in [-0.3, -0.25) is 9.69 Å². The number of anilines is 2. The second kappa shape index (κ2) is 12.1. The van der Waals surface area contributed by atoms with Crippen LogP contribution < -0.4 is 15.4 Å². The highest BCUT2D eigenvalue weighted by Crippen LogP contribution is 2.25. The molecule has 1 heterocycles. The van der Waals surface area contributed by atoms with Gasteiger partial charge in [-0.1, -0.05) is 12.1 Å². The first kappa shape index (κ1) is 28.0. The third-order valence-electron chi connectivity index (χ3n) is 5.83. The Morgan fingerprint density at radius 2 is 1.73 bits per heavy atom. The van der Waals surface area contributed by atoms with Crippen molar-refractivity contribution in [2.24, 2.45) is 0 Å². The maximum absolute atomic E-state index is 12.4. The van der Waals surface area contributed by atoms with Crippen LogP contribution in [0.3, 0.4) is 0 Å². The number of hydrogen-bond donors (Lipinski definition) is 2. The van der Waals surface area contributed by atoms with E-state index in [-0.39, 0.29) is 11.7 Å². The Labute approximate surface area is 215 Å². The van der Waals surface area contributed by atoms with Crippen LogP contribution >= 0.6 is 0 Å². The van der Waals surface area contributed by atoms with Crippen LogP contribution in [0, 0.1) is 6.92 Å². The van der Waals surface area contributed by atoms with Crippen molar-refractivity contribution < 1.29 is 22.7 Å². The van der Waals surface area contributed by atoms with Crippen LogP contribution in [-0.4, -0.2) is 47.3 Å². The molecule has 198 valence electrons. The van der Waals surface area contributed by atoms with Gasteiger partial charge in [0.15, 0.2) is 0 Å². The second-order valence-electron chi connectivity index (χ2n) is 9.35. The maximum atomic E-state index is 12.4. The molecular weight excluding hydrogens is 481 g/mol. The Kier molecular flexibility index (Phi) is 9.15. The summed E-state index contributed by atoms with van der Waals surface area (Å²) < 4.78 is 40.7. The number of aromatic nitrogens is 1. The summed E-state index contributed by atoms with van der Waals surface area (Å²) >= 11 is 0. The number of nitrogens with one attached hydrogen (secondary N) is 2. The summed E-state index contributed by atoms with van der Waals surface area (Å²) in [4.78, 5) is 19.5. The average Bonchev–Trinajstić information content (AvgIpc) is 2.80. The van der Waals surface area contributed by atoms with Crippen LogP contribution in [0.5, 0.6) is 5.75 Å². The Morgan fingerprint density at radius 3 is 2.35 bits per heavy atom. The SMILES string of the molecule is Cc1cc(NCCN(C(C)C)C(C)C)nc2ccc(NC(=O)/C=C/c3ccc(OC(F)(F)F)cc3)cc12. The van der Waals surface area contributed by atoms with Crippen LogP contribution in [0.4, 0.5) is 24.7 Å². The van der Waals surface area contributed by atoms with Crippen LogP contribution in [0.2, 0.25) is 0 Å². The molecule has 0 aliphatic heterocycles.